The number of nitrogens with zero attached hydrogens (tertiary/aromatic N) is 4. The molecular weight excluding hydrogens is 529 g/mol. The Morgan fingerprint density at radius 2 is 0.571 bits per heavy atom. The molecule has 0 saturated heterocycles. The topological polar surface area (TPSA) is 51.6 Å². The number of halogens is 2. The Hall–Kier alpha value is -2.72. The Bertz CT molecular complexity index is 1390. The molecule has 0 saturated carbocycles. The van der Waals surface area contributed by atoms with Gasteiger partial charge in [-0.3, -0.25) is 19.9 Å². The molecule has 4 aromatic heterocycles. The molecule has 0 radical (unpaired) electrons. The van der Waals surface area contributed by atoms with Crippen LogP contribution < -0.4 is 24.8 Å². The Labute approximate surface area is 230 Å². The number of rotatable bonds is 0. The normalized spacial score (nSPS) is 10.2. The number of benzene rings is 2. The quantitative estimate of drug-likeness (QED) is 0.207. The summed E-state index contributed by atoms with van der Waals surface area (Å²) in [5.74, 6) is 0. The van der Waals surface area contributed by atoms with Gasteiger partial charge in [-0.2, -0.15) is 0 Å². The van der Waals surface area contributed by atoms with E-state index >= 15 is 0 Å². The van der Waals surface area contributed by atoms with Crippen molar-refractivity contribution in [2.75, 3.05) is 0 Å². The minimum atomic E-state index is 0. The average molecular weight is 553 g/mol. The van der Waals surface area contributed by atoms with Crippen molar-refractivity contribution in [3.8, 4) is 0 Å². The van der Waals surface area contributed by atoms with Crippen molar-refractivity contribution in [2.24, 2.45) is 0 Å². The number of hydrogen-bond acceptors (Lipinski definition) is 4. The van der Waals surface area contributed by atoms with Crippen LogP contribution >= 0.6 is 0 Å². The van der Waals surface area contributed by atoms with Gasteiger partial charge in [0.1, 0.15) is 0 Å². The maximum atomic E-state index is 4.45. The molecule has 6 rings (SSSR count). The largest absolute Gasteiger partial charge is 2.00 e. The number of pyridine rings is 4. The van der Waals surface area contributed by atoms with Crippen LogP contribution in [-0.4, -0.2) is 19.9 Å². The predicted octanol–water partition coefficient (Wildman–Crippen LogP) is 0.805. The van der Waals surface area contributed by atoms with Gasteiger partial charge < -0.3 is 24.8 Å². The summed E-state index contributed by atoms with van der Waals surface area (Å²) in [7, 11) is 0. The van der Waals surface area contributed by atoms with Gasteiger partial charge in [-0.15, -0.1) is 0 Å². The fourth-order valence-electron chi connectivity index (χ4n) is 4.21. The van der Waals surface area contributed by atoms with E-state index in [9.17, 15) is 0 Å². The first kappa shape index (κ1) is 28.5. The molecule has 6 aromatic rings. The molecule has 0 unspecified atom stereocenters. The maximum absolute atomic E-state index is 4.45. The Morgan fingerprint density at radius 3 is 0.771 bits per heavy atom. The summed E-state index contributed by atoms with van der Waals surface area (Å²) in [4.78, 5) is 17.8. The fraction of sp³-hybridized carbons (Fsp3) is 0.143. The van der Waals surface area contributed by atoms with Crippen molar-refractivity contribution in [3.05, 3.63) is 95.6 Å². The van der Waals surface area contributed by atoms with Crippen molar-refractivity contribution in [1.29, 1.82) is 0 Å². The van der Waals surface area contributed by atoms with Gasteiger partial charge in [0.2, 0.25) is 0 Å². The van der Waals surface area contributed by atoms with E-state index in [-0.39, 0.29) is 44.3 Å². The standard InChI is InChI=1S/2C14H12N2.2ClH.Zn/c2*1-9-5-7-15-13-11(9)3-4-12-10(2)6-8-16-14(12)13;;;/h2*3-8H,1-2H3;2*1H;/q;;;;+2/p-2. The first-order chi connectivity index (χ1) is 15.5. The van der Waals surface area contributed by atoms with E-state index in [0.29, 0.717) is 0 Å². The van der Waals surface area contributed by atoms with Crippen molar-refractivity contribution >= 4 is 43.6 Å². The van der Waals surface area contributed by atoms with Crippen molar-refractivity contribution in [2.45, 2.75) is 27.7 Å². The van der Waals surface area contributed by atoms with Crippen molar-refractivity contribution < 1.29 is 44.3 Å². The third-order valence-corrected chi connectivity index (χ3v) is 6.11. The zero-order valence-electron chi connectivity index (χ0n) is 20.2. The number of aryl methyl sites for hydroxylation is 4. The summed E-state index contributed by atoms with van der Waals surface area (Å²) in [6.45, 7) is 8.41. The van der Waals surface area contributed by atoms with E-state index in [2.05, 4.69) is 71.9 Å². The van der Waals surface area contributed by atoms with Gasteiger partial charge in [-0.25, -0.2) is 0 Å². The monoisotopic (exact) mass is 550 g/mol. The summed E-state index contributed by atoms with van der Waals surface area (Å²) in [6.07, 6.45) is 7.39. The van der Waals surface area contributed by atoms with E-state index < -0.39 is 0 Å². The minimum absolute atomic E-state index is 0. The van der Waals surface area contributed by atoms with Gasteiger partial charge in [0.05, 0.1) is 22.1 Å². The molecule has 2 aromatic carbocycles. The number of fused-ring (bicyclic) bond motifs is 6. The summed E-state index contributed by atoms with van der Waals surface area (Å²) in [5.41, 5.74) is 8.99. The molecule has 4 nitrogen and oxygen atoms in total. The van der Waals surface area contributed by atoms with Crippen molar-refractivity contribution in [3.63, 3.8) is 0 Å². The predicted molar refractivity (Wildman–Crippen MR) is 133 cm³/mol. The van der Waals surface area contributed by atoms with Crippen LogP contribution in [-0.2, 0) is 19.5 Å². The van der Waals surface area contributed by atoms with E-state index in [1.165, 1.54) is 43.8 Å². The first-order valence-corrected chi connectivity index (χ1v) is 10.7. The van der Waals surface area contributed by atoms with Crippen LogP contribution in [0, 0.1) is 27.7 Å². The molecule has 0 fully saturated rings. The molecule has 0 atom stereocenters. The second kappa shape index (κ2) is 11.8. The third-order valence-electron chi connectivity index (χ3n) is 6.11. The van der Waals surface area contributed by atoms with E-state index in [1.807, 2.05) is 49.1 Å². The van der Waals surface area contributed by atoms with Crippen LogP contribution in [0.3, 0.4) is 0 Å². The SMILES string of the molecule is Cc1ccnc2c1ccc1c(C)ccnc12.Cc1ccnc2c1ccc1c(C)ccnc12.[Cl-].[Cl-].[Zn+2]. The van der Waals surface area contributed by atoms with Crippen LogP contribution in [0.4, 0.5) is 0 Å². The fourth-order valence-corrected chi connectivity index (χ4v) is 4.21. The van der Waals surface area contributed by atoms with Gasteiger partial charge in [-0.1, -0.05) is 24.3 Å². The smallest absolute Gasteiger partial charge is 1.00 e. The average Bonchev–Trinajstić information content (AvgIpc) is 2.80. The molecule has 0 amide bonds. The van der Waals surface area contributed by atoms with E-state index in [1.54, 1.807) is 0 Å². The second-order valence-electron chi connectivity index (χ2n) is 8.23. The summed E-state index contributed by atoms with van der Waals surface area (Å²) < 4.78 is 0. The second-order valence-corrected chi connectivity index (χ2v) is 8.23. The number of hydrogen-bond donors (Lipinski definition) is 0. The number of aromatic nitrogens is 4. The van der Waals surface area contributed by atoms with Gasteiger partial charge >= 0.3 is 19.5 Å². The Kier molecular flexibility index (Phi) is 9.63. The Balaban J connectivity index is 0.000000227. The van der Waals surface area contributed by atoms with Gasteiger partial charge in [-0.05, 0) is 74.2 Å². The molecule has 0 bridgehead atoms. The molecule has 0 aliphatic rings. The molecule has 35 heavy (non-hydrogen) atoms. The third kappa shape index (κ3) is 5.28. The van der Waals surface area contributed by atoms with Crippen LogP contribution in [0.1, 0.15) is 22.3 Å². The zero-order valence-corrected chi connectivity index (χ0v) is 24.7. The molecule has 0 spiro atoms. The Morgan fingerprint density at radius 1 is 0.371 bits per heavy atom. The minimum Gasteiger partial charge on any atom is -1.00 e. The maximum Gasteiger partial charge on any atom is 2.00 e. The van der Waals surface area contributed by atoms with Crippen LogP contribution in [0.2, 0.25) is 0 Å². The van der Waals surface area contributed by atoms with Gasteiger partial charge in [0, 0.05) is 46.3 Å². The van der Waals surface area contributed by atoms with Crippen LogP contribution in [0.25, 0.3) is 43.6 Å². The molecular formula is C28H24Cl2N4Zn. The molecule has 0 aliphatic carbocycles. The molecule has 0 N–H and O–H groups in total. The van der Waals surface area contributed by atoms with Crippen molar-refractivity contribution in [1.82, 2.24) is 19.9 Å². The summed E-state index contributed by atoms with van der Waals surface area (Å²) >= 11 is 0. The van der Waals surface area contributed by atoms with Gasteiger partial charge in [0.15, 0.2) is 0 Å². The molecule has 172 valence electrons. The van der Waals surface area contributed by atoms with E-state index in [0.717, 1.165) is 22.1 Å². The summed E-state index contributed by atoms with van der Waals surface area (Å²) in [6, 6.07) is 16.7. The van der Waals surface area contributed by atoms with Gasteiger partial charge in [0.25, 0.3) is 0 Å². The van der Waals surface area contributed by atoms with E-state index in [4.69, 9.17) is 0 Å². The summed E-state index contributed by atoms with van der Waals surface area (Å²) in [5, 5.41) is 4.75. The zero-order chi connectivity index (χ0) is 22.2. The molecule has 7 heteroatoms. The van der Waals surface area contributed by atoms with Crippen LogP contribution in [0.15, 0.2) is 73.3 Å². The first-order valence-electron chi connectivity index (χ1n) is 10.7. The molecule has 0 aliphatic heterocycles. The molecule has 4 heterocycles. The van der Waals surface area contributed by atoms with Crippen LogP contribution in [0.5, 0.6) is 0 Å².